The van der Waals surface area contributed by atoms with Gasteiger partial charge in [0, 0.05) is 18.6 Å². The van der Waals surface area contributed by atoms with Crippen LogP contribution >= 0.6 is 0 Å². The first kappa shape index (κ1) is 17.5. The summed E-state index contributed by atoms with van der Waals surface area (Å²) in [5, 5.41) is 3.94. The fourth-order valence-electron chi connectivity index (χ4n) is 2.41. The smallest absolute Gasteiger partial charge is 0.202 e. The van der Waals surface area contributed by atoms with Gasteiger partial charge >= 0.3 is 0 Å². The summed E-state index contributed by atoms with van der Waals surface area (Å²) in [5.41, 5.74) is 2.33. The minimum atomic E-state index is -0.173. The largest absolute Gasteiger partial charge is 0.497 e. The summed E-state index contributed by atoms with van der Waals surface area (Å²) in [7, 11) is 3.21. The van der Waals surface area contributed by atoms with Gasteiger partial charge in [0.2, 0.25) is 5.76 Å². The molecule has 0 amide bonds. The van der Waals surface area contributed by atoms with Gasteiger partial charge in [-0.05, 0) is 35.9 Å². The van der Waals surface area contributed by atoms with E-state index < -0.39 is 0 Å². The van der Waals surface area contributed by atoms with Crippen molar-refractivity contribution >= 4 is 5.78 Å². The number of carbonyl (C=O) groups excluding carboxylic acids is 1. The number of carbonyl (C=O) groups is 1. The molecule has 2 aromatic carbocycles. The van der Waals surface area contributed by atoms with Crippen LogP contribution in [0, 0.1) is 0 Å². The number of hydrogen-bond acceptors (Lipinski definition) is 6. The molecule has 1 aromatic heterocycles. The number of benzene rings is 2. The summed E-state index contributed by atoms with van der Waals surface area (Å²) in [4.78, 5) is 11.4. The molecule has 134 valence electrons. The van der Waals surface area contributed by atoms with E-state index in [4.69, 9.17) is 18.7 Å². The second-order valence-corrected chi connectivity index (χ2v) is 5.63. The molecule has 0 saturated carbocycles. The van der Waals surface area contributed by atoms with Crippen LogP contribution in [-0.4, -0.2) is 25.2 Å². The molecule has 0 spiro atoms. The van der Waals surface area contributed by atoms with Crippen LogP contribution in [0.3, 0.4) is 0 Å². The van der Waals surface area contributed by atoms with Crippen LogP contribution < -0.4 is 14.2 Å². The molecule has 0 aliphatic carbocycles. The molecule has 3 aromatic rings. The van der Waals surface area contributed by atoms with Gasteiger partial charge in [0.05, 0.1) is 14.2 Å². The first-order valence-electron chi connectivity index (χ1n) is 8.02. The number of nitrogens with zero attached hydrogens (tertiary/aromatic N) is 1. The van der Waals surface area contributed by atoms with E-state index in [0.717, 1.165) is 16.9 Å². The number of rotatable bonds is 7. The van der Waals surface area contributed by atoms with Crippen molar-refractivity contribution in [3.63, 3.8) is 0 Å². The fourth-order valence-corrected chi connectivity index (χ4v) is 2.41. The van der Waals surface area contributed by atoms with Crippen molar-refractivity contribution in [1.82, 2.24) is 5.16 Å². The molecule has 0 N–H and O–H groups in total. The maximum Gasteiger partial charge on any atom is 0.202 e. The number of methoxy groups -OCH3 is 2. The Labute approximate surface area is 151 Å². The molecule has 0 aliphatic heterocycles. The Balaban J connectivity index is 1.81. The van der Waals surface area contributed by atoms with E-state index in [2.05, 4.69) is 5.16 Å². The fraction of sp³-hybridized carbons (Fsp3) is 0.200. The molecule has 6 nitrogen and oxygen atoms in total. The maximum atomic E-state index is 11.4. The lowest BCUT2D eigenvalue weighted by Gasteiger charge is -2.12. The van der Waals surface area contributed by atoms with Gasteiger partial charge in [-0.2, -0.15) is 0 Å². The lowest BCUT2D eigenvalue weighted by molar-refractivity contribution is 0.0978. The summed E-state index contributed by atoms with van der Waals surface area (Å²) in [6.07, 6.45) is 0. The molecule has 0 unspecified atom stereocenters. The molecule has 0 aliphatic rings. The highest BCUT2D eigenvalue weighted by Gasteiger charge is 2.13. The Bertz CT molecular complexity index is 899. The van der Waals surface area contributed by atoms with Crippen LogP contribution in [0.1, 0.15) is 23.0 Å². The van der Waals surface area contributed by atoms with Crippen molar-refractivity contribution in [3.05, 3.63) is 59.9 Å². The number of aromatic nitrogens is 1. The Morgan fingerprint density at radius 1 is 1.00 bits per heavy atom. The van der Waals surface area contributed by atoms with Gasteiger partial charge in [-0.3, -0.25) is 4.79 Å². The molecular weight excluding hydrogens is 334 g/mol. The normalized spacial score (nSPS) is 10.4. The Morgan fingerprint density at radius 2 is 1.77 bits per heavy atom. The third-order valence-corrected chi connectivity index (χ3v) is 3.87. The van der Waals surface area contributed by atoms with Gasteiger partial charge in [-0.25, -0.2) is 0 Å². The van der Waals surface area contributed by atoms with Gasteiger partial charge in [0.15, 0.2) is 17.3 Å². The van der Waals surface area contributed by atoms with E-state index in [9.17, 15) is 4.79 Å². The molecule has 0 saturated heterocycles. The quantitative estimate of drug-likeness (QED) is 0.595. The number of ketones is 1. The van der Waals surface area contributed by atoms with E-state index in [0.29, 0.717) is 23.8 Å². The van der Waals surface area contributed by atoms with Gasteiger partial charge in [-0.15, -0.1) is 0 Å². The maximum absolute atomic E-state index is 11.4. The molecule has 1 heterocycles. The van der Waals surface area contributed by atoms with E-state index in [-0.39, 0.29) is 11.5 Å². The van der Waals surface area contributed by atoms with Gasteiger partial charge in [0.1, 0.15) is 18.1 Å². The van der Waals surface area contributed by atoms with Gasteiger partial charge < -0.3 is 18.7 Å². The topological polar surface area (TPSA) is 70.8 Å². The molecular formula is C20H19NO5. The number of Topliss-reactive ketones (excluding diaryl/α,β-unsaturated/α-hetero) is 1. The molecule has 0 radical (unpaired) electrons. The highest BCUT2D eigenvalue weighted by atomic mass is 16.5. The highest BCUT2D eigenvalue weighted by molar-refractivity contribution is 5.92. The van der Waals surface area contributed by atoms with Crippen LogP contribution in [0.15, 0.2) is 53.1 Å². The zero-order valence-electron chi connectivity index (χ0n) is 14.8. The van der Waals surface area contributed by atoms with Crippen molar-refractivity contribution in [2.24, 2.45) is 0 Å². The SMILES string of the molecule is COc1ccc(COc2cc(-c3cc(C(C)=O)on3)ccc2OC)cc1. The van der Waals surface area contributed by atoms with Crippen LogP contribution in [0.5, 0.6) is 17.2 Å². The van der Waals surface area contributed by atoms with Crippen molar-refractivity contribution in [1.29, 1.82) is 0 Å². The van der Waals surface area contributed by atoms with Crippen LogP contribution in [0.25, 0.3) is 11.3 Å². The second-order valence-electron chi connectivity index (χ2n) is 5.63. The Kier molecular flexibility index (Phi) is 5.22. The zero-order valence-corrected chi connectivity index (χ0v) is 14.8. The van der Waals surface area contributed by atoms with E-state index in [1.807, 2.05) is 36.4 Å². The van der Waals surface area contributed by atoms with Crippen LogP contribution in [0.4, 0.5) is 0 Å². The van der Waals surface area contributed by atoms with Crippen LogP contribution in [0.2, 0.25) is 0 Å². The second kappa shape index (κ2) is 7.74. The third kappa shape index (κ3) is 3.85. The lowest BCUT2D eigenvalue weighted by Crippen LogP contribution is -1.98. The molecule has 6 heteroatoms. The summed E-state index contributed by atoms with van der Waals surface area (Å²) < 4.78 is 21.5. The lowest BCUT2D eigenvalue weighted by atomic mass is 10.1. The summed E-state index contributed by atoms with van der Waals surface area (Å²) >= 11 is 0. The zero-order chi connectivity index (χ0) is 18.5. The molecule has 0 bridgehead atoms. The Morgan fingerprint density at radius 3 is 2.38 bits per heavy atom. The monoisotopic (exact) mass is 353 g/mol. The molecule has 3 rings (SSSR count). The molecule has 0 atom stereocenters. The number of hydrogen-bond donors (Lipinski definition) is 0. The van der Waals surface area contributed by atoms with Gasteiger partial charge in [0.25, 0.3) is 0 Å². The predicted octanol–water partition coefficient (Wildman–Crippen LogP) is 4.14. The van der Waals surface area contributed by atoms with E-state index in [1.54, 1.807) is 26.4 Å². The van der Waals surface area contributed by atoms with E-state index in [1.165, 1.54) is 6.92 Å². The Hall–Kier alpha value is -3.28. The first-order chi connectivity index (χ1) is 12.6. The minimum absolute atomic E-state index is 0.173. The van der Waals surface area contributed by atoms with Crippen LogP contribution in [-0.2, 0) is 6.61 Å². The van der Waals surface area contributed by atoms with Crippen molar-refractivity contribution in [3.8, 4) is 28.5 Å². The minimum Gasteiger partial charge on any atom is -0.497 e. The summed E-state index contributed by atoms with van der Waals surface area (Å²) in [5.74, 6) is 2.02. The summed E-state index contributed by atoms with van der Waals surface area (Å²) in [6, 6.07) is 14.7. The average Bonchev–Trinajstić information content (AvgIpc) is 3.17. The van der Waals surface area contributed by atoms with Crippen molar-refractivity contribution in [2.45, 2.75) is 13.5 Å². The van der Waals surface area contributed by atoms with Crippen molar-refractivity contribution < 1.29 is 23.5 Å². The van der Waals surface area contributed by atoms with Gasteiger partial charge in [-0.1, -0.05) is 17.3 Å². The van der Waals surface area contributed by atoms with Crippen molar-refractivity contribution in [2.75, 3.05) is 14.2 Å². The molecule has 0 fully saturated rings. The standard InChI is InChI=1S/C20H19NO5/c1-13(22)19-11-17(21-26-19)15-6-9-18(24-3)20(10-15)25-12-14-4-7-16(23-2)8-5-14/h4-11H,12H2,1-3H3. The summed E-state index contributed by atoms with van der Waals surface area (Å²) in [6.45, 7) is 1.81. The average molecular weight is 353 g/mol. The predicted molar refractivity (Wildman–Crippen MR) is 95.8 cm³/mol. The third-order valence-electron chi connectivity index (χ3n) is 3.87. The molecule has 26 heavy (non-hydrogen) atoms. The number of ether oxygens (including phenoxy) is 3. The highest BCUT2D eigenvalue weighted by Crippen LogP contribution is 2.33. The van der Waals surface area contributed by atoms with E-state index >= 15 is 0 Å². The first-order valence-corrected chi connectivity index (χ1v) is 8.02.